The smallest absolute Gasteiger partial charge is 0.114 e. The minimum atomic E-state index is 0.154. The van der Waals surface area contributed by atoms with Gasteiger partial charge in [-0.15, -0.1) is 0 Å². The summed E-state index contributed by atoms with van der Waals surface area (Å²) in [6.07, 6.45) is 4.30. The molecule has 0 radical (unpaired) electrons. The van der Waals surface area contributed by atoms with Crippen LogP contribution in [-0.4, -0.2) is 13.2 Å². The molecule has 0 amide bonds. The normalized spacial score (nSPS) is 16.3. The van der Waals surface area contributed by atoms with Gasteiger partial charge in [-0.2, -0.15) is 0 Å². The van der Waals surface area contributed by atoms with Crippen LogP contribution < -0.4 is 5.32 Å². The number of rotatable bonds is 5. The summed E-state index contributed by atoms with van der Waals surface area (Å²) in [5, 5.41) is 3.55. The second-order valence-corrected chi connectivity index (χ2v) is 6.16. The minimum Gasteiger partial charge on any atom is -0.496 e. The predicted octanol–water partition coefficient (Wildman–Crippen LogP) is 4.56. The molecule has 1 aliphatic heterocycles. The molecule has 0 aliphatic carbocycles. The van der Waals surface area contributed by atoms with Crippen LogP contribution in [0.15, 0.2) is 39.0 Å². The molecule has 0 saturated heterocycles. The van der Waals surface area contributed by atoms with E-state index in [1.54, 1.807) is 0 Å². The summed E-state index contributed by atoms with van der Waals surface area (Å²) < 4.78 is 7.87. The molecule has 1 aliphatic rings. The largest absolute Gasteiger partial charge is 0.496 e. The van der Waals surface area contributed by atoms with E-state index in [1.165, 1.54) is 5.56 Å². The van der Waals surface area contributed by atoms with Crippen molar-refractivity contribution >= 4 is 31.9 Å². The van der Waals surface area contributed by atoms with Crippen LogP contribution in [0.1, 0.15) is 31.4 Å². The molecular weight excluding hydrogens is 358 g/mol. The summed E-state index contributed by atoms with van der Waals surface area (Å²) in [5.74, 6) is 1.05. The average molecular weight is 375 g/mol. The molecule has 98 valence electrons. The molecule has 1 heterocycles. The first-order valence-corrected chi connectivity index (χ1v) is 7.81. The van der Waals surface area contributed by atoms with E-state index in [-0.39, 0.29) is 6.04 Å². The van der Waals surface area contributed by atoms with Gasteiger partial charge in [-0.05, 0) is 42.8 Å². The maximum Gasteiger partial charge on any atom is 0.114 e. The third-order valence-electron chi connectivity index (χ3n) is 2.83. The van der Waals surface area contributed by atoms with E-state index in [0.29, 0.717) is 0 Å². The lowest BCUT2D eigenvalue weighted by atomic mass is 10.0. The highest BCUT2D eigenvalue weighted by Gasteiger charge is 2.20. The van der Waals surface area contributed by atoms with Crippen LogP contribution >= 0.6 is 31.9 Å². The van der Waals surface area contributed by atoms with Crippen LogP contribution in [0.3, 0.4) is 0 Å². The highest BCUT2D eigenvalue weighted by atomic mass is 79.9. The summed E-state index contributed by atoms with van der Waals surface area (Å²) in [6, 6.07) is 6.48. The van der Waals surface area contributed by atoms with Gasteiger partial charge < -0.3 is 10.1 Å². The fraction of sp³-hybridized carbons (Fsp3) is 0.429. The first-order chi connectivity index (χ1) is 8.70. The topological polar surface area (TPSA) is 21.3 Å². The molecule has 1 atom stereocenters. The Labute approximate surface area is 125 Å². The maximum atomic E-state index is 5.71. The zero-order valence-electron chi connectivity index (χ0n) is 10.4. The van der Waals surface area contributed by atoms with Crippen LogP contribution in [0.2, 0.25) is 0 Å². The van der Waals surface area contributed by atoms with Gasteiger partial charge >= 0.3 is 0 Å². The lowest BCUT2D eigenvalue weighted by Crippen LogP contribution is -2.24. The van der Waals surface area contributed by atoms with Gasteiger partial charge in [-0.25, -0.2) is 0 Å². The monoisotopic (exact) mass is 373 g/mol. The van der Waals surface area contributed by atoms with Gasteiger partial charge in [0.2, 0.25) is 0 Å². The third kappa shape index (κ3) is 3.59. The Hall–Kier alpha value is -0.320. The van der Waals surface area contributed by atoms with Crippen LogP contribution in [0.5, 0.6) is 0 Å². The molecule has 2 nitrogen and oxygen atoms in total. The van der Waals surface area contributed by atoms with Crippen LogP contribution in [0.4, 0.5) is 0 Å². The van der Waals surface area contributed by atoms with Crippen molar-refractivity contribution in [3.8, 4) is 0 Å². The summed E-state index contributed by atoms with van der Waals surface area (Å²) >= 11 is 7.08. The average Bonchev–Trinajstić information content (AvgIpc) is 2.82. The maximum absolute atomic E-state index is 5.71. The minimum absolute atomic E-state index is 0.154. The van der Waals surface area contributed by atoms with Crippen LogP contribution in [0.25, 0.3) is 0 Å². The van der Waals surface area contributed by atoms with Crippen molar-refractivity contribution < 1.29 is 4.74 Å². The van der Waals surface area contributed by atoms with Crippen LogP contribution in [0, 0.1) is 0 Å². The first-order valence-electron chi connectivity index (χ1n) is 6.23. The fourth-order valence-corrected chi connectivity index (χ4v) is 3.38. The van der Waals surface area contributed by atoms with E-state index in [0.717, 1.165) is 40.7 Å². The fourth-order valence-electron chi connectivity index (χ4n) is 2.05. The van der Waals surface area contributed by atoms with Crippen molar-refractivity contribution in [1.29, 1.82) is 0 Å². The Kier molecular flexibility index (Phi) is 5.27. The van der Waals surface area contributed by atoms with Crippen molar-refractivity contribution in [1.82, 2.24) is 5.32 Å². The summed E-state index contributed by atoms with van der Waals surface area (Å²) in [5.41, 5.74) is 1.22. The van der Waals surface area contributed by atoms with Crippen molar-refractivity contribution in [2.75, 3.05) is 13.2 Å². The zero-order valence-corrected chi connectivity index (χ0v) is 13.6. The number of halogens is 2. The molecule has 0 spiro atoms. The lowest BCUT2D eigenvalue weighted by Gasteiger charge is -2.20. The molecule has 4 heteroatoms. The van der Waals surface area contributed by atoms with Gasteiger partial charge in [0.05, 0.1) is 12.6 Å². The van der Waals surface area contributed by atoms with Crippen molar-refractivity contribution in [3.63, 3.8) is 0 Å². The van der Waals surface area contributed by atoms with Gasteiger partial charge in [0.1, 0.15) is 5.76 Å². The second-order valence-electron chi connectivity index (χ2n) is 4.33. The molecular formula is C14H17Br2NO. The van der Waals surface area contributed by atoms with Gasteiger partial charge in [-0.1, -0.05) is 38.8 Å². The Morgan fingerprint density at radius 1 is 1.28 bits per heavy atom. The number of hydrogen-bond donors (Lipinski definition) is 1. The van der Waals surface area contributed by atoms with Gasteiger partial charge in [0.25, 0.3) is 0 Å². The van der Waals surface area contributed by atoms with Crippen molar-refractivity contribution in [2.24, 2.45) is 0 Å². The van der Waals surface area contributed by atoms with E-state index in [1.807, 2.05) is 6.07 Å². The highest BCUT2D eigenvalue weighted by Crippen LogP contribution is 2.30. The molecule has 0 bridgehead atoms. The Balaban J connectivity index is 2.26. The molecule has 1 unspecified atom stereocenters. The number of hydrogen-bond acceptors (Lipinski definition) is 2. The molecule has 1 N–H and O–H groups in total. The highest BCUT2D eigenvalue weighted by molar-refractivity contribution is 9.11. The molecule has 1 aromatic rings. The van der Waals surface area contributed by atoms with Gasteiger partial charge in [0.15, 0.2) is 0 Å². The molecule has 18 heavy (non-hydrogen) atoms. The Morgan fingerprint density at radius 3 is 2.56 bits per heavy atom. The molecule has 0 saturated carbocycles. The molecule has 2 rings (SSSR count). The SMILES string of the molecule is CCCNC(C1=CCCO1)c1cc(Br)cc(Br)c1. The second kappa shape index (κ2) is 6.73. The first kappa shape index (κ1) is 14.1. The molecule has 0 fully saturated rings. The predicted molar refractivity (Wildman–Crippen MR) is 81.5 cm³/mol. The van der Waals surface area contributed by atoms with Gasteiger partial charge in [0, 0.05) is 15.4 Å². The summed E-state index contributed by atoms with van der Waals surface area (Å²) in [4.78, 5) is 0. The van der Waals surface area contributed by atoms with Gasteiger partial charge in [-0.3, -0.25) is 0 Å². The number of nitrogens with one attached hydrogen (secondary N) is 1. The third-order valence-corrected chi connectivity index (χ3v) is 3.75. The molecule has 1 aromatic carbocycles. The van der Waals surface area contributed by atoms with Crippen molar-refractivity contribution in [3.05, 3.63) is 44.5 Å². The van der Waals surface area contributed by atoms with E-state index in [9.17, 15) is 0 Å². The zero-order chi connectivity index (χ0) is 13.0. The van der Waals surface area contributed by atoms with Crippen molar-refractivity contribution in [2.45, 2.75) is 25.8 Å². The number of ether oxygens (including phenoxy) is 1. The lowest BCUT2D eigenvalue weighted by molar-refractivity contribution is 0.215. The van der Waals surface area contributed by atoms with E-state index >= 15 is 0 Å². The standard InChI is InChI=1S/C14H17Br2NO/c1-2-5-17-14(13-4-3-6-18-13)10-7-11(15)9-12(16)8-10/h4,7-9,14,17H,2-3,5-6H2,1H3. The Morgan fingerprint density at radius 2 is 2.00 bits per heavy atom. The summed E-state index contributed by atoms with van der Waals surface area (Å²) in [6.45, 7) is 3.95. The van der Waals surface area contributed by atoms with E-state index < -0.39 is 0 Å². The van der Waals surface area contributed by atoms with E-state index in [2.05, 4.69) is 62.3 Å². The number of benzene rings is 1. The van der Waals surface area contributed by atoms with E-state index in [4.69, 9.17) is 4.74 Å². The summed E-state index contributed by atoms with van der Waals surface area (Å²) in [7, 11) is 0. The molecule has 0 aromatic heterocycles. The Bertz CT molecular complexity index is 425. The van der Waals surface area contributed by atoms with Crippen LogP contribution in [-0.2, 0) is 4.74 Å². The quantitative estimate of drug-likeness (QED) is 0.815.